The Morgan fingerprint density at radius 1 is 1.19 bits per heavy atom. The van der Waals surface area contributed by atoms with Crippen molar-refractivity contribution in [1.82, 2.24) is 20.9 Å². The van der Waals surface area contributed by atoms with Crippen molar-refractivity contribution >= 4 is 35.8 Å². The van der Waals surface area contributed by atoms with Gasteiger partial charge in [-0.1, -0.05) is 57.0 Å². The van der Waals surface area contributed by atoms with Gasteiger partial charge in [-0.3, -0.25) is 9.79 Å². The van der Waals surface area contributed by atoms with Gasteiger partial charge in [0.15, 0.2) is 5.96 Å². The molecule has 1 saturated carbocycles. The topological polar surface area (TPSA) is 68.8 Å². The van der Waals surface area contributed by atoms with Crippen LogP contribution in [0.15, 0.2) is 35.3 Å². The van der Waals surface area contributed by atoms with E-state index in [0.29, 0.717) is 6.04 Å². The van der Waals surface area contributed by atoms with Crippen molar-refractivity contribution in [3.05, 3.63) is 35.9 Å². The number of hydrogen-bond acceptors (Lipinski definition) is 3. The number of carbonyl (C=O) groups excluding carboxylic acids is 1. The Labute approximate surface area is 211 Å². The van der Waals surface area contributed by atoms with Crippen LogP contribution in [0.4, 0.5) is 0 Å². The Hall–Kier alpha value is -1.35. The molecule has 6 nitrogen and oxygen atoms in total. The molecule has 1 amide bonds. The molecule has 1 aliphatic heterocycles. The first-order valence-electron chi connectivity index (χ1n) is 12.1. The van der Waals surface area contributed by atoms with Gasteiger partial charge in [0, 0.05) is 43.2 Å². The molecule has 0 bridgehead atoms. The Morgan fingerprint density at radius 3 is 2.50 bits per heavy atom. The van der Waals surface area contributed by atoms with E-state index in [4.69, 9.17) is 4.99 Å². The number of nitrogens with zero attached hydrogens (tertiary/aromatic N) is 2. The molecule has 1 aliphatic carbocycles. The number of likely N-dealkylation sites (tertiary alicyclic amines) is 1. The fraction of sp³-hybridized carbons (Fsp3) is 0.680. The highest BCUT2D eigenvalue weighted by Gasteiger charge is 2.35. The van der Waals surface area contributed by atoms with Gasteiger partial charge in [0.05, 0.1) is 6.54 Å². The molecule has 1 aromatic carbocycles. The van der Waals surface area contributed by atoms with Crippen LogP contribution in [0.1, 0.15) is 71.4 Å². The molecule has 2 fully saturated rings. The predicted molar refractivity (Wildman–Crippen MR) is 144 cm³/mol. The van der Waals surface area contributed by atoms with Gasteiger partial charge in [0.2, 0.25) is 5.91 Å². The van der Waals surface area contributed by atoms with Gasteiger partial charge in [-0.25, -0.2) is 0 Å². The van der Waals surface area contributed by atoms with E-state index in [2.05, 4.69) is 60.1 Å². The van der Waals surface area contributed by atoms with Gasteiger partial charge in [-0.2, -0.15) is 0 Å². The van der Waals surface area contributed by atoms with Crippen molar-refractivity contribution in [2.75, 3.05) is 26.2 Å². The van der Waals surface area contributed by atoms with Gasteiger partial charge in [0.25, 0.3) is 0 Å². The Kier molecular flexibility index (Phi) is 10.7. The van der Waals surface area contributed by atoms with Crippen LogP contribution in [0.25, 0.3) is 0 Å². The standard InChI is InChI=1S/C25H41N5O.HI/c1-5-26-24(28-22-13-16-30(17-22)23(31)19(2)3)27-18-25(14-9-10-15-25)29-20(4)21-11-7-6-8-12-21;/h6-8,11-12,19-20,22,29H,5,9-10,13-18H2,1-4H3,(H2,26,27,28);1H. The maximum Gasteiger partial charge on any atom is 0.225 e. The molecule has 0 aromatic heterocycles. The fourth-order valence-corrected chi connectivity index (χ4v) is 4.87. The number of amides is 1. The maximum atomic E-state index is 12.3. The van der Waals surface area contributed by atoms with E-state index < -0.39 is 0 Å². The number of nitrogens with one attached hydrogen (secondary N) is 3. The van der Waals surface area contributed by atoms with E-state index in [1.807, 2.05) is 18.7 Å². The molecule has 2 unspecified atom stereocenters. The second kappa shape index (κ2) is 12.8. The summed E-state index contributed by atoms with van der Waals surface area (Å²) in [6.45, 7) is 11.5. The molecular weight excluding hydrogens is 513 g/mol. The molecule has 1 aromatic rings. The second-order valence-corrected chi connectivity index (χ2v) is 9.53. The average molecular weight is 556 g/mol. The lowest BCUT2D eigenvalue weighted by Gasteiger charge is -2.33. The quantitative estimate of drug-likeness (QED) is 0.257. The van der Waals surface area contributed by atoms with Crippen molar-refractivity contribution in [2.45, 2.75) is 77.4 Å². The summed E-state index contributed by atoms with van der Waals surface area (Å²) in [5.41, 5.74) is 1.37. The molecule has 1 saturated heterocycles. The van der Waals surface area contributed by atoms with Crippen LogP contribution >= 0.6 is 24.0 Å². The highest BCUT2D eigenvalue weighted by atomic mass is 127. The summed E-state index contributed by atoms with van der Waals surface area (Å²) in [7, 11) is 0. The Balaban J connectivity index is 0.00000363. The van der Waals surface area contributed by atoms with Crippen molar-refractivity contribution in [1.29, 1.82) is 0 Å². The van der Waals surface area contributed by atoms with Crippen molar-refractivity contribution in [3.8, 4) is 0 Å². The number of hydrogen-bond donors (Lipinski definition) is 3. The molecule has 7 heteroatoms. The van der Waals surface area contributed by atoms with Gasteiger partial charge in [-0.05, 0) is 38.7 Å². The summed E-state index contributed by atoms with van der Waals surface area (Å²) in [6.07, 6.45) is 5.80. The minimum Gasteiger partial charge on any atom is -0.357 e. The van der Waals surface area contributed by atoms with Gasteiger partial charge in [0.1, 0.15) is 0 Å². The van der Waals surface area contributed by atoms with Crippen LogP contribution in [-0.4, -0.2) is 54.5 Å². The summed E-state index contributed by atoms with van der Waals surface area (Å²) < 4.78 is 0. The first kappa shape index (κ1) is 26.9. The molecular formula is C25H42IN5O. The first-order chi connectivity index (χ1) is 14.9. The number of carbonyl (C=O) groups is 1. The molecule has 180 valence electrons. The third-order valence-corrected chi connectivity index (χ3v) is 6.60. The van der Waals surface area contributed by atoms with E-state index in [1.165, 1.54) is 18.4 Å². The van der Waals surface area contributed by atoms with E-state index in [1.54, 1.807) is 0 Å². The third kappa shape index (κ3) is 7.33. The van der Waals surface area contributed by atoms with E-state index >= 15 is 0 Å². The van der Waals surface area contributed by atoms with Gasteiger partial charge < -0.3 is 20.9 Å². The Bertz CT molecular complexity index is 733. The van der Waals surface area contributed by atoms with Crippen molar-refractivity contribution in [2.24, 2.45) is 10.9 Å². The lowest BCUT2D eigenvalue weighted by Crippen LogP contribution is -2.49. The summed E-state index contributed by atoms with van der Waals surface area (Å²) >= 11 is 0. The number of aliphatic imine (C=N–C) groups is 1. The third-order valence-electron chi connectivity index (χ3n) is 6.60. The van der Waals surface area contributed by atoms with Crippen LogP contribution in [0.5, 0.6) is 0 Å². The van der Waals surface area contributed by atoms with Crippen molar-refractivity contribution in [3.63, 3.8) is 0 Å². The Morgan fingerprint density at radius 2 is 1.88 bits per heavy atom. The SMILES string of the molecule is CCNC(=NCC1(NC(C)c2ccccc2)CCCC1)NC1CCN(C(=O)C(C)C)C1.I. The van der Waals surface area contributed by atoms with Crippen molar-refractivity contribution < 1.29 is 4.79 Å². The smallest absolute Gasteiger partial charge is 0.225 e. The maximum absolute atomic E-state index is 12.3. The molecule has 3 N–H and O–H groups in total. The first-order valence-corrected chi connectivity index (χ1v) is 12.1. The molecule has 2 aliphatic rings. The molecule has 0 radical (unpaired) electrons. The van der Waals surface area contributed by atoms with Crippen LogP contribution < -0.4 is 16.0 Å². The number of halogens is 1. The number of rotatable bonds is 8. The molecule has 0 spiro atoms. The summed E-state index contributed by atoms with van der Waals surface area (Å²) in [4.78, 5) is 19.3. The zero-order valence-corrected chi connectivity index (χ0v) is 22.5. The molecule has 3 rings (SSSR count). The van der Waals surface area contributed by atoms with E-state index in [0.717, 1.165) is 51.4 Å². The van der Waals surface area contributed by atoms with E-state index in [-0.39, 0.29) is 47.4 Å². The zero-order chi connectivity index (χ0) is 22.3. The zero-order valence-electron chi connectivity index (χ0n) is 20.2. The minimum atomic E-state index is 0. The second-order valence-electron chi connectivity index (χ2n) is 9.53. The summed E-state index contributed by atoms with van der Waals surface area (Å²) in [6, 6.07) is 11.2. The van der Waals surface area contributed by atoms with Crippen LogP contribution in [0.3, 0.4) is 0 Å². The van der Waals surface area contributed by atoms with Crippen LogP contribution in [0.2, 0.25) is 0 Å². The lowest BCUT2D eigenvalue weighted by atomic mass is 9.95. The number of guanidine groups is 1. The van der Waals surface area contributed by atoms with Crippen LogP contribution in [0, 0.1) is 5.92 Å². The van der Waals surface area contributed by atoms with Gasteiger partial charge >= 0.3 is 0 Å². The number of benzene rings is 1. The molecule has 2 atom stereocenters. The van der Waals surface area contributed by atoms with Gasteiger partial charge in [-0.15, -0.1) is 24.0 Å². The highest BCUT2D eigenvalue weighted by Crippen LogP contribution is 2.32. The van der Waals surface area contributed by atoms with E-state index in [9.17, 15) is 4.79 Å². The minimum absolute atomic E-state index is 0. The monoisotopic (exact) mass is 555 g/mol. The normalized spacial score (nSPS) is 21.3. The highest BCUT2D eigenvalue weighted by molar-refractivity contribution is 14.0. The average Bonchev–Trinajstić information content (AvgIpc) is 3.42. The fourth-order valence-electron chi connectivity index (χ4n) is 4.87. The molecule has 1 heterocycles. The summed E-state index contributed by atoms with van der Waals surface area (Å²) in [5.74, 6) is 1.17. The largest absolute Gasteiger partial charge is 0.357 e. The predicted octanol–water partition coefficient (Wildman–Crippen LogP) is 4.08. The van der Waals surface area contributed by atoms with Crippen LogP contribution in [-0.2, 0) is 4.79 Å². The molecule has 32 heavy (non-hydrogen) atoms. The summed E-state index contributed by atoms with van der Waals surface area (Å²) in [5, 5.41) is 10.9. The lowest BCUT2D eigenvalue weighted by molar-refractivity contribution is -0.133.